The number of nitrogens with zero attached hydrogens (tertiary/aromatic N) is 2. The Balaban J connectivity index is 0.000000461. The molecule has 0 N–H and O–H groups in total. The first kappa shape index (κ1) is 11.3. The average Bonchev–Trinajstić information content (AvgIpc) is 2.16. The molecule has 0 unspecified atom stereocenters. The van der Waals surface area contributed by atoms with Crippen LogP contribution in [0.2, 0.25) is 0 Å². The van der Waals surface area contributed by atoms with Gasteiger partial charge in [0.2, 0.25) is 0 Å². The lowest BCUT2D eigenvalue weighted by Crippen LogP contribution is -2.68. The molecular weight excluding hydrogens is 180 g/mol. The SMILES string of the molecule is CC.CN1CCC2(COC2)N(C)C1=O. The Morgan fingerprint density at radius 1 is 1.29 bits per heavy atom. The summed E-state index contributed by atoms with van der Waals surface area (Å²) in [7, 11) is 3.70. The molecule has 0 aromatic carbocycles. The molecule has 0 atom stereocenters. The zero-order valence-electron chi connectivity index (χ0n) is 9.54. The van der Waals surface area contributed by atoms with E-state index in [0.717, 1.165) is 13.0 Å². The van der Waals surface area contributed by atoms with Gasteiger partial charge in [0, 0.05) is 20.6 Å². The van der Waals surface area contributed by atoms with Gasteiger partial charge in [-0.3, -0.25) is 0 Å². The van der Waals surface area contributed by atoms with Crippen molar-refractivity contribution in [2.75, 3.05) is 33.9 Å². The van der Waals surface area contributed by atoms with E-state index in [-0.39, 0.29) is 11.6 Å². The molecule has 2 aliphatic rings. The third-order valence-corrected chi connectivity index (χ3v) is 2.98. The smallest absolute Gasteiger partial charge is 0.320 e. The third kappa shape index (κ3) is 1.59. The summed E-state index contributed by atoms with van der Waals surface area (Å²) in [5.74, 6) is 0. The van der Waals surface area contributed by atoms with Crippen LogP contribution < -0.4 is 0 Å². The highest BCUT2D eigenvalue weighted by atomic mass is 16.5. The van der Waals surface area contributed by atoms with Crippen molar-refractivity contribution in [3.63, 3.8) is 0 Å². The Hall–Kier alpha value is -0.770. The summed E-state index contributed by atoms with van der Waals surface area (Å²) >= 11 is 0. The molecule has 2 heterocycles. The van der Waals surface area contributed by atoms with Crippen molar-refractivity contribution >= 4 is 6.03 Å². The van der Waals surface area contributed by atoms with Gasteiger partial charge in [-0.2, -0.15) is 0 Å². The number of amides is 2. The second-order valence-electron chi connectivity index (χ2n) is 3.73. The normalized spacial score (nSPS) is 24.1. The van der Waals surface area contributed by atoms with Crippen LogP contribution in [0.1, 0.15) is 20.3 Å². The van der Waals surface area contributed by atoms with E-state index in [9.17, 15) is 4.79 Å². The summed E-state index contributed by atoms with van der Waals surface area (Å²) in [5, 5.41) is 0. The molecule has 0 aromatic heterocycles. The summed E-state index contributed by atoms with van der Waals surface area (Å²) in [6, 6.07) is 0.115. The van der Waals surface area contributed by atoms with Gasteiger partial charge >= 0.3 is 6.03 Å². The van der Waals surface area contributed by atoms with Crippen molar-refractivity contribution in [2.45, 2.75) is 25.8 Å². The molecule has 2 amide bonds. The molecule has 2 rings (SSSR count). The number of rotatable bonds is 0. The number of urea groups is 1. The van der Waals surface area contributed by atoms with Gasteiger partial charge in [0.15, 0.2) is 0 Å². The monoisotopic (exact) mass is 200 g/mol. The second-order valence-corrected chi connectivity index (χ2v) is 3.73. The van der Waals surface area contributed by atoms with E-state index in [2.05, 4.69) is 0 Å². The van der Waals surface area contributed by atoms with Crippen molar-refractivity contribution in [1.82, 2.24) is 9.80 Å². The summed E-state index contributed by atoms with van der Waals surface area (Å²) in [4.78, 5) is 15.1. The number of carbonyl (C=O) groups is 1. The van der Waals surface area contributed by atoms with Crippen molar-refractivity contribution in [3.05, 3.63) is 0 Å². The second kappa shape index (κ2) is 4.17. The first-order chi connectivity index (χ1) is 6.66. The molecule has 0 aliphatic carbocycles. The first-order valence-corrected chi connectivity index (χ1v) is 5.22. The lowest BCUT2D eigenvalue weighted by Gasteiger charge is -2.52. The van der Waals surface area contributed by atoms with Gasteiger partial charge < -0.3 is 14.5 Å². The molecule has 0 bridgehead atoms. The first-order valence-electron chi connectivity index (χ1n) is 5.22. The molecule has 2 fully saturated rings. The lowest BCUT2D eigenvalue weighted by atomic mass is 9.89. The van der Waals surface area contributed by atoms with E-state index in [1.807, 2.05) is 32.8 Å². The van der Waals surface area contributed by atoms with Crippen LogP contribution in [0, 0.1) is 0 Å². The van der Waals surface area contributed by atoms with Gasteiger partial charge in [0.05, 0.1) is 18.8 Å². The molecular formula is C10H20N2O2. The molecule has 0 saturated carbocycles. The zero-order chi connectivity index (χ0) is 10.8. The minimum Gasteiger partial charge on any atom is -0.376 e. The van der Waals surface area contributed by atoms with Crippen molar-refractivity contribution < 1.29 is 9.53 Å². The van der Waals surface area contributed by atoms with Crippen molar-refractivity contribution in [2.24, 2.45) is 0 Å². The van der Waals surface area contributed by atoms with E-state index in [1.54, 1.807) is 4.90 Å². The fraction of sp³-hybridized carbons (Fsp3) is 0.900. The maximum absolute atomic E-state index is 11.5. The number of hydrogen-bond acceptors (Lipinski definition) is 2. The predicted molar refractivity (Wildman–Crippen MR) is 55.3 cm³/mol. The van der Waals surface area contributed by atoms with Crippen molar-refractivity contribution in [1.29, 1.82) is 0 Å². The van der Waals surface area contributed by atoms with Crippen molar-refractivity contribution in [3.8, 4) is 0 Å². The van der Waals surface area contributed by atoms with Crippen LogP contribution in [0.3, 0.4) is 0 Å². The van der Waals surface area contributed by atoms with Gasteiger partial charge in [-0.25, -0.2) is 4.79 Å². The number of carbonyl (C=O) groups excluding carboxylic acids is 1. The minimum absolute atomic E-state index is 0.0313. The average molecular weight is 200 g/mol. The molecule has 4 nitrogen and oxygen atoms in total. The minimum atomic E-state index is 0.0313. The van der Waals surface area contributed by atoms with Gasteiger partial charge in [-0.1, -0.05) is 13.8 Å². The fourth-order valence-corrected chi connectivity index (χ4v) is 1.77. The van der Waals surface area contributed by atoms with Gasteiger partial charge in [-0.15, -0.1) is 0 Å². The Kier molecular flexibility index (Phi) is 3.37. The fourth-order valence-electron chi connectivity index (χ4n) is 1.77. The maximum atomic E-state index is 11.5. The summed E-state index contributed by atoms with van der Waals surface area (Å²) in [5.41, 5.74) is 0.0313. The Bertz CT molecular complexity index is 214. The Morgan fingerprint density at radius 2 is 1.86 bits per heavy atom. The Morgan fingerprint density at radius 3 is 2.29 bits per heavy atom. The summed E-state index contributed by atoms with van der Waals surface area (Å²) < 4.78 is 5.16. The molecule has 0 aromatic rings. The van der Waals surface area contributed by atoms with Crippen LogP contribution in [-0.4, -0.2) is 55.2 Å². The van der Waals surface area contributed by atoms with Crippen LogP contribution in [0.5, 0.6) is 0 Å². The molecule has 2 saturated heterocycles. The number of hydrogen-bond donors (Lipinski definition) is 0. The molecule has 0 radical (unpaired) electrons. The molecule has 1 spiro atoms. The maximum Gasteiger partial charge on any atom is 0.320 e. The van der Waals surface area contributed by atoms with Gasteiger partial charge in [-0.05, 0) is 6.42 Å². The van der Waals surface area contributed by atoms with E-state index >= 15 is 0 Å². The van der Waals surface area contributed by atoms with Crippen LogP contribution in [0.15, 0.2) is 0 Å². The summed E-state index contributed by atoms with van der Waals surface area (Å²) in [6.07, 6.45) is 1.03. The molecule has 4 heteroatoms. The predicted octanol–water partition coefficient (Wildman–Crippen LogP) is 1.17. The zero-order valence-corrected chi connectivity index (χ0v) is 9.54. The number of likely N-dealkylation sites (N-methyl/N-ethyl adjacent to an activating group) is 1. The summed E-state index contributed by atoms with van der Waals surface area (Å²) in [6.45, 7) is 6.28. The molecule has 14 heavy (non-hydrogen) atoms. The van der Waals surface area contributed by atoms with E-state index in [1.165, 1.54) is 0 Å². The van der Waals surface area contributed by atoms with Gasteiger partial charge in [0.1, 0.15) is 0 Å². The van der Waals surface area contributed by atoms with Crippen LogP contribution in [0.25, 0.3) is 0 Å². The third-order valence-electron chi connectivity index (χ3n) is 2.98. The van der Waals surface area contributed by atoms with E-state index < -0.39 is 0 Å². The topological polar surface area (TPSA) is 32.8 Å². The Labute approximate surface area is 85.8 Å². The highest BCUT2D eigenvalue weighted by molar-refractivity contribution is 5.76. The van der Waals surface area contributed by atoms with Gasteiger partial charge in [0.25, 0.3) is 0 Å². The van der Waals surface area contributed by atoms with Crippen LogP contribution in [0.4, 0.5) is 4.79 Å². The van der Waals surface area contributed by atoms with E-state index in [4.69, 9.17) is 4.74 Å². The molecule has 82 valence electrons. The lowest BCUT2D eigenvalue weighted by molar-refractivity contribution is -0.134. The molecule has 2 aliphatic heterocycles. The van der Waals surface area contributed by atoms with Crippen LogP contribution in [-0.2, 0) is 4.74 Å². The quantitative estimate of drug-likeness (QED) is 0.588. The van der Waals surface area contributed by atoms with E-state index in [0.29, 0.717) is 13.2 Å². The standard InChI is InChI=1S/C8H14N2O2.C2H6/c1-9-4-3-8(5-12-6-8)10(2)7(9)11;1-2/h3-6H2,1-2H3;1-2H3. The van der Waals surface area contributed by atoms with Crippen LogP contribution >= 0.6 is 0 Å². The highest BCUT2D eigenvalue weighted by Crippen LogP contribution is 2.31. The largest absolute Gasteiger partial charge is 0.376 e. The highest BCUT2D eigenvalue weighted by Gasteiger charge is 2.47. The number of ether oxygens (including phenoxy) is 1.